The van der Waals surface area contributed by atoms with Crippen molar-refractivity contribution in [2.75, 3.05) is 7.05 Å². The smallest absolute Gasteiger partial charge is 0.0597 e. The van der Waals surface area contributed by atoms with Gasteiger partial charge < -0.3 is 5.32 Å². The van der Waals surface area contributed by atoms with Crippen molar-refractivity contribution in [2.24, 2.45) is 7.05 Å². The summed E-state index contributed by atoms with van der Waals surface area (Å²) < 4.78 is 1.89. The summed E-state index contributed by atoms with van der Waals surface area (Å²) in [6.45, 7) is 1.98. The molecule has 0 amide bonds. The lowest BCUT2D eigenvalue weighted by Gasteiger charge is -2.18. The van der Waals surface area contributed by atoms with Gasteiger partial charge in [0, 0.05) is 17.1 Å². The summed E-state index contributed by atoms with van der Waals surface area (Å²) >= 11 is 12.5. The number of nitrogens with one attached hydrogen (secondary N) is 1. The van der Waals surface area contributed by atoms with Crippen molar-refractivity contribution >= 4 is 23.2 Å². The summed E-state index contributed by atoms with van der Waals surface area (Å²) in [4.78, 5) is 0. The Bertz CT molecular complexity index is 558. The van der Waals surface area contributed by atoms with Gasteiger partial charge in [0.25, 0.3) is 0 Å². The summed E-state index contributed by atoms with van der Waals surface area (Å²) in [6, 6.07) is 7.79. The molecule has 1 heterocycles. The van der Waals surface area contributed by atoms with Gasteiger partial charge in [0.2, 0.25) is 0 Å². The average molecular weight is 298 g/mol. The van der Waals surface area contributed by atoms with E-state index in [1.807, 2.05) is 43.9 Å². The predicted molar refractivity (Wildman–Crippen MR) is 79.9 cm³/mol. The molecule has 2 aromatic rings. The van der Waals surface area contributed by atoms with E-state index in [2.05, 4.69) is 16.5 Å². The van der Waals surface area contributed by atoms with E-state index in [-0.39, 0.29) is 6.04 Å². The Morgan fingerprint density at radius 2 is 1.95 bits per heavy atom. The largest absolute Gasteiger partial charge is 0.311 e. The Morgan fingerprint density at radius 1 is 1.32 bits per heavy atom. The maximum absolute atomic E-state index is 6.23. The highest BCUT2D eigenvalue weighted by Crippen LogP contribution is 2.29. The van der Waals surface area contributed by atoms with Gasteiger partial charge in [0.1, 0.15) is 0 Å². The van der Waals surface area contributed by atoms with Gasteiger partial charge in [-0.05, 0) is 44.2 Å². The zero-order chi connectivity index (χ0) is 14.0. The minimum Gasteiger partial charge on any atom is -0.311 e. The molecule has 0 bridgehead atoms. The summed E-state index contributed by atoms with van der Waals surface area (Å²) in [5, 5.41) is 9.08. The van der Waals surface area contributed by atoms with Gasteiger partial charge in [-0.15, -0.1) is 0 Å². The van der Waals surface area contributed by atoms with Crippen molar-refractivity contribution < 1.29 is 0 Å². The molecule has 1 N–H and O–H groups in total. The van der Waals surface area contributed by atoms with Gasteiger partial charge in [-0.3, -0.25) is 4.68 Å². The van der Waals surface area contributed by atoms with Gasteiger partial charge in [0.15, 0.2) is 0 Å². The van der Waals surface area contributed by atoms with Gasteiger partial charge >= 0.3 is 0 Å². The number of nitrogens with zero attached hydrogens (tertiary/aromatic N) is 2. The Kier molecular flexibility index (Phi) is 4.50. The molecule has 0 radical (unpaired) electrons. The summed E-state index contributed by atoms with van der Waals surface area (Å²) in [5.41, 5.74) is 3.09. The molecule has 0 saturated heterocycles. The molecule has 0 aliphatic rings. The van der Waals surface area contributed by atoms with Gasteiger partial charge in [0.05, 0.1) is 17.4 Å². The number of rotatable bonds is 4. The molecule has 2 rings (SSSR count). The third kappa shape index (κ3) is 3.11. The van der Waals surface area contributed by atoms with Crippen LogP contribution in [-0.2, 0) is 13.5 Å². The highest BCUT2D eigenvalue weighted by atomic mass is 35.5. The van der Waals surface area contributed by atoms with Crippen LogP contribution in [0.4, 0.5) is 0 Å². The van der Waals surface area contributed by atoms with Crippen molar-refractivity contribution in [1.82, 2.24) is 15.1 Å². The summed E-state index contributed by atoms with van der Waals surface area (Å²) in [7, 11) is 3.87. The molecule has 0 saturated carbocycles. The van der Waals surface area contributed by atoms with Crippen molar-refractivity contribution in [3.05, 3.63) is 51.3 Å². The van der Waals surface area contributed by atoms with E-state index in [4.69, 9.17) is 23.2 Å². The van der Waals surface area contributed by atoms with Crippen LogP contribution in [0.1, 0.15) is 23.0 Å². The van der Waals surface area contributed by atoms with Crippen LogP contribution in [-0.4, -0.2) is 16.8 Å². The first-order valence-corrected chi connectivity index (χ1v) is 6.89. The normalized spacial score (nSPS) is 12.7. The molecule has 102 valence electrons. The third-order valence-corrected chi connectivity index (χ3v) is 3.92. The Labute approximate surface area is 123 Å². The van der Waals surface area contributed by atoms with E-state index in [0.29, 0.717) is 10.0 Å². The second-order valence-corrected chi connectivity index (χ2v) is 5.39. The third-order valence-electron chi connectivity index (χ3n) is 3.21. The highest BCUT2D eigenvalue weighted by molar-refractivity contribution is 6.36. The Balaban J connectivity index is 2.32. The monoisotopic (exact) mass is 297 g/mol. The lowest BCUT2D eigenvalue weighted by molar-refractivity contribution is 0.537. The number of hydrogen-bond acceptors (Lipinski definition) is 2. The van der Waals surface area contributed by atoms with Crippen LogP contribution < -0.4 is 5.32 Å². The predicted octanol–water partition coefficient (Wildman–Crippen LogP) is 3.54. The van der Waals surface area contributed by atoms with E-state index < -0.39 is 0 Å². The van der Waals surface area contributed by atoms with Crippen LogP contribution in [0.2, 0.25) is 10.0 Å². The standard InChI is InChI=1S/C14H17Cl2N3/c1-9-7-14(19(3)18-9)13(17-2)8-10-11(15)5-4-6-12(10)16/h4-7,13,17H,8H2,1-3H3. The number of hydrogen-bond donors (Lipinski definition) is 1. The highest BCUT2D eigenvalue weighted by Gasteiger charge is 2.17. The first-order valence-electron chi connectivity index (χ1n) is 6.13. The molecule has 5 heteroatoms. The van der Waals surface area contributed by atoms with E-state index in [0.717, 1.165) is 23.4 Å². The quantitative estimate of drug-likeness (QED) is 0.935. The zero-order valence-electron chi connectivity index (χ0n) is 11.2. The van der Waals surface area contributed by atoms with Crippen molar-refractivity contribution in [2.45, 2.75) is 19.4 Å². The fraction of sp³-hybridized carbons (Fsp3) is 0.357. The molecule has 1 unspecified atom stereocenters. The van der Waals surface area contributed by atoms with Crippen molar-refractivity contribution in [3.8, 4) is 0 Å². The Morgan fingerprint density at radius 3 is 2.42 bits per heavy atom. The van der Waals surface area contributed by atoms with Crippen LogP contribution in [0.15, 0.2) is 24.3 Å². The molecule has 0 aliphatic heterocycles. The van der Waals surface area contributed by atoms with Crippen molar-refractivity contribution in [1.29, 1.82) is 0 Å². The minimum atomic E-state index is 0.128. The van der Waals surface area contributed by atoms with Crippen LogP contribution in [0, 0.1) is 6.92 Å². The maximum atomic E-state index is 6.23. The number of aromatic nitrogens is 2. The fourth-order valence-corrected chi connectivity index (χ4v) is 2.79. The molecule has 3 nitrogen and oxygen atoms in total. The SMILES string of the molecule is CNC(Cc1c(Cl)cccc1Cl)c1cc(C)nn1C. The molecule has 0 spiro atoms. The van der Waals surface area contributed by atoms with Crippen LogP contribution in [0.5, 0.6) is 0 Å². The summed E-state index contributed by atoms with van der Waals surface area (Å²) in [6.07, 6.45) is 0.730. The molecule has 19 heavy (non-hydrogen) atoms. The molecular formula is C14H17Cl2N3. The van der Waals surface area contributed by atoms with Crippen LogP contribution >= 0.6 is 23.2 Å². The number of likely N-dealkylation sites (N-methyl/N-ethyl adjacent to an activating group) is 1. The maximum Gasteiger partial charge on any atom is 0.0597 e. The molecular weight excluding hydrogens is 281 g/mol. The fourth-order valence-electron chi connectivity index (χ4n) is 2.24. The molecule has 1 aromatic heterocycles. The van der Waals surface area contributed by atoms with Gasteiger partial charge in [-0.2, -0.15) is 5.10 Å². The first kappa shape index (κ1) is 14.4. The molecule has 1 atom stereocenters. The van der Waals surface area contributed by atoms with Crippen LogP contribution in [0.3, 0.4) is 0 Å². The van der Waals surface area contributed by atoms with E-state index in [1.165, 1.54) is 0 Å². The van der Waals surface area contributed by atoms with E-state index >= 15 is 0 Å². The zero-order valence-corrected chi connectivity index (χ0v) is 12.8. The number of halogens is 2. The second kappa shape index (κ2) is 5.95. The lowest BCUT2D eigenvalue weighted by Crippen LogP contribution is -2.22. The van der Waals surface area contributed by atoms with Crippen molar-refractivity contribution in [3.63, 3.8) is 0 Å². The lowest BCUT2D eigenvalue weighted by atomic mass is 10.0. The second-order valence-electron chi connectivity index (χ2n) is 4.58. The molecule has 0 aliphatic carbocycles. The minimum absolute atomic E-state index is 0.128. The molecule has 1 aromatic carbocycles. The van der Waals surface area contributed by atoms with E-state index in [1.54, 1.807) is 0 Å². The summed E-state index contributed by atoms with van der Waals surface area (Å²) in [5.74, 6) is 0. The van der Waals surface area contributed by atoms with E-state index in [9.17, 15) is 0 Å². The topological polar surface area (TPSA) is 29.9 Å². The number of aryl methyl sites for hydroxylation is 2. The first-order chi connectivity index (χ1) is 9.02. The average Bonchev–Trinajstić information content (AvgIpc) is 2.68. The van der Waals surface area contributed by atoms with Crippen LogP contribution in [0.25, 0.3) is 0 Å². The number of benzene rings is 1. The van der Waals surface area contributed by atoms with Gasteiger partial charge in [-0.25, -0.2) is 0 Å². The molecule has 0 fully saturated rings. The Hall–Kier alpha value is -1.03. The van der Waals surface area contributed by atoms with Gasteiger partial charge in [-0.1, -0.05) is 29.3 Å².